The highest BCUT2D eigenvalue weighted by atomic mass is 79.9. The van der Waals surface area contributed by atoms with E-state index in [4.69, 9.17) is 4.74 Å². The number of ether oxygens (including phenoxy) is 1. The predicted octanol–water partition coefficient (Wildman–Crippen LogP) is 1.98. The lowest BCUT2D eigenvalue weighted by atomic mass is 10.1. The van der Waals surface area contributed by atoms with E-state index in [0.717, 1.165) is 30.8 Å². The molecule has 0 saturated carbocycles. The molecule has 3 rings (SSSR count). The molecule has 29 heavy (non-hydrogen) atoms. The lowest BCUT2D eigenvalue weighted by Crippen LogP contribution is -3.00. The van der Waals surface area contributed by atoms with Gasteiger partial charge in [0.2, 0.25) is 0 Å². The Morgan fingerprint density at radius 1 is 0.897 bits per heavy atom. The summed E-state index contributed by atoms with van der Waals surface area (Å²) in [5.41, 5.74) is 2.66. The SMILES string of the molecule is CC(C)COCC(CN(Cc1ccccc1)c1ccccc1)[N+]1(C)CCCC1.[Br-]. The normalized spacial score (nSPS) is 16.4. The molecule has 4 heteroatoms. The Kier molecular flexibility index (Phi) is 9.67. The van der Waals surface area contributed by atoms with E-state index in [1.165, 1.54) is 37.2 Å². The summed E-state index contributed by atoms with van der Waals surface area (Å²) in [6, 6.07) is 22.2. The van der Waals surface area contributed by atoms with Crippen molar-refractivity contribution in [3.8, 4) is 0 Å². The molecule has 0 aromatic heterocycles. The van der Waals surface area contributed by atoms with Crippen LogP contribution in [0.4, 0.5) is 5.69 Å². The molecule has 1 atom stereocenters. The van der Waals surface area contributed by atoms with Crippen molar-refractivity contribution in [3.63, 3.8) is 0 Å². The third-order valence-corrected chi connectivity index (χ3v) is 6.00. The minimum absolute atomic E-state index is 0. The van der Waals surface area contributed by atoms with Gasteiger partial charge < -0.3 is 31.1 Å². The van der Waals surface area contributed by atoms with Gasteiger partial charge in [-0.3, -0.25) is 0 Å². The average Bonchev–Trinajstić information content (AvgIpc) is 3.15. The molecule has 0 amide bonds. The summed E-state index contributed by atoms with van der Waals surface area (Å²) < 4.78 is 7.31. The fourth-order valence-electron chi connectivity index (χ4n) is 4.25. The molecular formula is C25H37BrN2O. The maximum Gasteiger partial charge on any atom is 0.130 e. The Morgan fingerprint density at radius 3 is 2.07 bits per heavy atom. The number of halogens is 1. The van der Waals surface area contributed by atoms with E-state index in [0.29, 0.717) is 12.0 Å². The molecule has 1 unspecified atom stereocenters. The second-order valence-electron chi connectivity index (χ2n) is 8.92. The van der Waals surface area contributed by atoms with Crippen molar-refractivity contribution < 1.29 is 26.2 Å². The van der Waals surface area contributed by atoms with Crippen LogP contribution in [-0.2, 0) is 11.3 Å². The highest BCUT2D eigenvalue weighted by Gasteiger charge is 2.37. The molecule has 1 heterocycles. The van der Waals surface area contributed by atoms with Crippen LogP contribution in [0.5, 0.6) is 0 Å². The number of nitrogens with zero attached hydrogens (tertiary/aromatic N) is 2. The lowest BCUT2D eigenvalue weighted by Gasteiger charge is -2.41. The number of likely N-dealkylation sites (N-methyl/N-ethyl adjacent to an activating group) is 1. The first-order valence-electron chi connectivity index (χ1n) is 10.8. The van der Waals surface area contributed by atoms with Crippen molar-refractivity contribution in [2.75, 3.05) is 44.8 Å². The van der Waals surface area contributed by atoms with Gasteiger partial charge in [0.25, 0.3) is 0 Å². The molecule has 1 aliphatic rings. The minimum Gasteiger partial charge on any atom is -1.00 e. The number of para-hydroxylation sites is 1. The standard InChI is InChI=1S/C25H37N2O.BrH/c1-22(2)20-28-21-25(27(3)16-10-11-17-27)19-26(24-14-8-5-9-15-24)18-23-12-6-4-7-13-23;/h4-9,12-15,22,25H,10-11,16-21H2,1-3H3;1H/q+1;/p-1. The van der Waals surface area contributed by atoms with Crippen LogP contribution in [0.25, 0.3) is 0 Å². The topological polar surface area (TPSA) is 12.5 Å². The number of rotatable bonds is 10. The zero-order chi connectivity index (χ0) is 19.8. The maximum absolute atomic E-state index is 6.18. The van der Waals surface area contributed by atoms with E-state index in [1.54, 1.807) is 0 Å². The molecule has 1 fully saturated rings. The number of anilines is 1. The van der Waals surface area contributed by atoms with Crippen LogP contribution >= 0.6 is 0 Å². The zero-order valence-corrected chi connectivity index (χ0v) is 19.9. The smallest absolute Gasteiger partial charge is 0.130 e. The van der Waals surface area contributed by atoms with Crippen LogP contribution < -0.4 is 21.9 Å². The van der Waals surface area contributed by atoms with Crippen molar-refractivity contribution in [2.24, 2.45) is 5.92 Å². The molecule has 0 N–H and O–H groups in total. The van der Waals surface area contributed by atoms with E-state index in [2.05, 4.69) is 86.5 Å². The van der Waals surface area contributed by atoms with Gasteiger partial charge in [0.15, 0.2) is 0 Å². The van der Waals surface area contributed by atoms with Gasteiger partial charge in [0.05, 0.1) is 26.7 Å². The number of likely N-dealkylation sites (tertiary alicyclic amines) is 1. The maximum atomic E-state index is 6.18. The van der Waals surface area contributed by atoms with Crippen LogP contribution in [0.2, 0.25) is 0 Å². The predicted molar refractivity (Wildman–Crippen MR) is 119 cm³/mol. The van der Waals surface area contributed by atoms with Gasteiger partial charge in [-0.15, -0.1) is 0 Å². The van der Waals surface area contributed by atoms with Gasteiger partial charge in [-0.2, -0.15) is 0 Å². The van der Waals surface area contributed by atoms with Crippen molar-refractivity contribution in [1.29, 1.82) is 0 Å². The Balaban J connectivity index is 0.00000300. The van der Waals surface area contributed by atoms with Crippen molar-refractivity contribution in [3.05, 3.63) is 66.2 Å². The summed E-state index contributed by atoms with van der Waals surface area (Å²) in [6.07, 6.45) is 2.67. The fraction of sp³-hybridized carbons (Fsp3) is 0.520. The second kappa shape index (κ2) is 11.7. The van der Waals surface area contributed by atoms with Gasteiger partial charge in [-0.25, -0.2) is 0 Å². The van der Waals surface area contributed by atoms with E-state index < -0.39 is 0 Å². The zero-order valence-electron chi connectivity index (χ0n) is 18.3. The van der Waals surface area contributed by atoms with Crippen molar-refractivity contribution in [2.45, 2.75) is 39.3 Å². The Hall–Kier alpha value is -1.36. The number of hydrogen-bond acceptors (Lipinski definition) is 2. The molecule has 3 nitrogen and oxygen atoms in total. The molecule has 160 valence electrons. The summed E-state index contributed by atoms with van der Waals surface area (Å²) in [6.45, 7) is 10.6. The van der Waals surface area contributed by atoms with Crippen LogP contribution in [0.15, 0.2) is 60.7 Å². The number of benzene rings is 2. The molecule has 0 aliphatic carbocycles. The first-order chi connectivity index (χ1) is 13.6. The first-order valence-corrected chi connectivity index (χ1v) is 10.8. The molecule has 2 aromatic rings. The van der Waals surface area contributed by atoms with Gasteiger partial charge in [-0.05, 0) is 23.6 Å². The molecular weight excluding hydrogens is 424 g/mol. The van der Waals surface area contributed by atoms with Crippen LogP contribution in [0, 0.1) is 5.92 Å². The van der Waals surface area contributed by atoms with Gasteiger partial charge in [0, 0.05) is 31.7 Å². The molecule has 1 aliphatic heterocycles. The monoisotopic (exact) mass is 460 g/mol. The average molecular weight is 461 g/mol. The largest absolute Gasteiger partial charge is 1.00 e. The summed E-state index contributed by atoms with van der Waals surface area (Å²) in [7, 11) is 2.43. The molecule has 2 aromatic carbocycles. The van der Waals surface area contributed by atoms with Crippen molar-refractivity contribution >= 4 is 5.69 Å². The molecule has 0 radical (unpaired) electrons. The first kappa shape index (κ1) is 23.9. The van der Waals surface area contributed by atoms with E-state index in [1.807, 2.05) is 0 Å². The Bertz CT molecular complexity index is 686. The highest BCUT2D eigenvalue weighted by Crippen LogP contribution is 2.25. The van der Waals surface area contributed by atoms with Crippen LogP contribution in [-0.4, -0.2) is 50.4 Å². The quantitative estimate of drug-likeness (QED) is 0.502. The summed E-state index contributed by atoms with van der Waals surface area (Å²) in [4.78, 5) is 2.54. The summed E-state index contributed by atoms with van der Waals surface area (Å²) in [5, 5.41) is 0. The van der Waals surface area contributed by atoms with Gasteiger partial charge >= 0.3 is 0 Å². The van der Waals surface area contributed by atoms with Crippen LogP contribution in [0.3, 0.4) is 0 Å². The third-order valence-electron chi connectivity index (χ3n) is 6.00. The fourth-order valence-corrected chi connectivity index (χ4v) is 4.25. The summed E-state index contributed by atoms with van der Waals surface area (Å²) >= 11 is 0. The Morgan fingerprint density at radius 2 is 1.48 bits per heavy atom. The minimum atomic E-state index is 0. The van der Waals surface area contributed by atoms with E-state index in [-0.39, 0.29) is 17.0 Å². The third kappa shape index (κ3) is 7.13. The number of hydrogen-bond donors (Lipinski definition) is 0. The van der Waals surface area contributed by atoms with Gasteiger partial charge in [-0.1, -0.05) is 62.4 Å². The molecule has 0 spiro atoms. The van der Waals surface area contributed by atoms with E-state index in [9.17, 15) is 0 Å². The molecule has 0 bridgehead atoms. The van der Waals surface area contributed by atoms with Crippen molar-refractivity contribution in [1.82, 2.24) is 0 Å². The van der Waals surface area contributed by atoms with E-state index >= 15 is 0 Å². The molecule has 1 saturated heterocycles. The van der Waals surface area contributed by atoms with Crippen LogP contribution in [0.1, 0.15) is 32.3 Å². The lowest BCUT2D eigenvalue weighted by molar-refractivity contribution is -0.921. The highest BCUT2D eigenvalue weighted by molar-refractivity contribution is 5.46. The van der Waals surface area contributed by atoms with Gasteiger partial charge in [0.1, 0.15) is 12.6 Å². The summed E-state index contributed by atoms with van der Waals surface area (Å²) in [5.74, 6) is 0.582. The Labute approximate surface area is 188 Å². The second-order valence-corrected chi connectivity index (χ2v) is 8.92. The number of quaternary nitrogens is 1.